The highest BCUT2D eigenvalue weighted by Crippen LogP contribution is 2.19. The molecule has 0 aliphatic heterocycles. The lowest BCUT2D eigenvalue weighted by atomic mass is 10.0. The zero-order valence-electron chi connectivity index (χ0n) is 55.3. The third-order valence-corrected chi connectivity index (χ3v) is 16.6. The summed E-state index contributed by atoms with van der Waals surface area (Å²) in [4.78, 5) is 38.4. The molecular weight excluding hydrogens is 1010 g/mol. The van der Waals surface area contributed by atoms with E-state index in [2.05, 4.69) is 69.4 Å². The zero-order chi connectivity index (χ0) is 59.2. The molecule has 6 nitrogen and oxygen atoms in total. The summed E-state index contributed by atoms with van der Waals surface area (Å²) >= 11 is 0. The number of allylic oxidation sites excluding steroid dienone is 8. The first-order chi connectivity index (χ1) is 40.5. The second-order valence-corrected chi connectivity index (χ2v) is 24.9. The lowest BCUT2D eigenvalue weighted by Gasteiger charge is -2.18. The Labute approximate surface area is 511 Å². The Morgan fingerprint density at radius 2 is 0.451 bits per heavy atom. The molecule has 0 N–H and O–H groups in total. The Bertz CT molecular complexity index is 1410. The van der Waals surface area contributed by atoms with Gasteiger partial charge in [-0.1, -0.05) is 352 Å². The van der Waals surface area contributed by atoms with Gasteiger partial charge in [-0.05, 0) is 77.0 Å². The number of carbonyl (C=O) groups is 3. The summed E-state index contributed by atoms with van der Waals surface area (Å²) in [5.41, 5.74) is 0. The first-order valence-corrected chi connectivity index (χ1v) is 36.6. The average molecular weight is 1150 g/mol. The van der Waals surface area contributed by atoms with Crippen molar-refractivity contribution >= 4 is 17.9 Å². The van der Waals surface area contributed by atoms with Crippen LogP contribution in [0, 0.1) is 0 Å². The van der Waals surface area contributed by atoms with Gasteiger partial charge < -0.3 is 14.2 Å². The fourth-order valence-corrected chi connectivity index (χ4v) is 11.0. The Morgan fingerprint density at radius 1 is 0.244 bits per heavy atom. The van der Waals surface area contributed by atoms with E-state index < -0.39 is 6.10 Å². The van der Waals surface area contributed by atoms with Crippen molar-refractivity contribution in [3.63, 3.8) is 0 Å². The van der Waals surface area contributed by atoms with Crippen molar-refractivity contribution in [2.24, 2.45) is 0 Å². The van der Waals surface area contributed by atoms with Gasteiger partial charge in [0.15, 0.2) is 6.10 Å². The van der Waals surface area contributed by atoms with Crippen LogP contribution in [0.15, 0.2) is 48.6 Å². The zero-order valence-corrected chi connectivity index (χ0v) is 55.3. The molecule has 0 aliphatic carbocycles. The van der Waals surface area contributed by atoms with Crippen LogP contribution >= 0.6 is 0 Å². The van der Waals surface area contributed by atoms with Crippen molar-refractivity contribution < 1.29 is 28.6 Å². The second kappa shape index (κ2) is 70.9. The third kappa shape index (κ3) is 68.2. The Balaban J connectivity index is 4.10. The van der Waals surface area contributed by atoms with Gasteiger partial charge in [0.2, 0.25) is 0 Å². The molecule has 1 atom stereocenters. The smallest absolute Gasteiger partial charge is 0.306 e. The van der Waals surface area contributed by atoms with E-state index in [0.29, 0.717) is 19.3 Å². The number of rotatable bonds is 68. The maximum atomic E-state index is 12.9. The quantitative estimate of drug-likeness (QED) is 0.0261. The van der Waals surface area contributed by atoms with E-state index in [1.165, 1.54) is 283 Å². The molecule has 0 aromatic carbocycles. The standard InChI is InChI=1S/C76H140O6/c1-4-7-10-13-16-19-22-24-26-28-30-32-33-34-35-36-37-38-39-40-41-42-43-44-46-47-49-51-54-57-60-63-66-69-75(78)81-72-73(71-80-74(77)68-65-62-59-56-53-21-18-15-12-9-6-3)82-76(79)70-67-64-61-58-55-52-50-48-45-31-29-27-25-23-20-17-14-11-8-5-2/h15,18,22,24,28,30,33-34,73H,4-14,16-17,19-21,23,25-27,29,31-32,35-72H2,1-3H3/b18-15-,24-22-,30-28-,34-33-. The molecule has 6 heteroatoms. The highest BCUT2D eigenvalue weighted by atomic mass is 16.6. The molecule has 82 heavy (non-hydrogen) atoms. The number of unbranched alkanes of at least 4 members (excludes halogenated alkanes) is 49. The molecule has 0 rings (SSSR count). The molecule has 0 amide bonds. The molecule has 0 heterocycles. The van der Waals surface area contributed by atoms with Gasteiger partial charge in [0.25, 0.3) is 0 Å². The number of hydrogen-bond donors (Lipinski definition) is 0. The molecule has 0 spiro atoms. The molecule has 0 radical (unpaired) electrons. The highest BCUT2D eigenvalue weighted by molar-refractivity contribution is 5.71. The van der Waals surface area contributed by atoms with Crippen LogP contribution in [0.2, 0.25) is 0 Å². The Hall–Kier alpha value is -2.63. The SMILES string of the molecule is CCCC/C=C\CCCCCCCC(=O)OCC(COC(=O)CCCCCCCCCCCCCCCCCCCC/C=C\C/C=C\C/C=C\CCCCCCC)OC(=O)CCCCCCCCCCCCCCCCCCCCCC. The van der Waals surface area contributed by atoms with Gasteiger partial charge in [0.05, 0.1) is 0 Å². The summed E-state index contributed by atoms with van der Waals surface area (Å²) in [7, 11) is 0. The molecule has 0 saturated heterocycles. The van der Waals surface area contributed by atoms with Crippen LogP contribution in [0.4, 0.5) is 0 Å². The second-order valence-electron chi connectivity index (χ2n) is 24.9. The van der Waals surface area contributed by atoms with Crippen LogP contribution in [0.1, 0.15) is 400 Å². The van der Waals surface area contributed by atoms with Gasteiger partial charge in [-0.2, -0.15) is 0 Å². The molecule has 0 aliphatic rings. The van der Waals surface area contributed by atoms with Crippen molar-refractivity contribution in [3.05, 3.63) is 48.6 Å². The fourth-order valence-electron chi connectivity index (χ4n) is 11.0. The van der Waals surface area contributed by atoms with E-state index in [9.17, 15) is 14.4 Å². The normalized spacial score (nSPS) is 12.3. The fraction of sp³-hybridized carbons (Fsp3) is 0.855. The lowest BCUT2D eigenvalue weighted by Crippen LogP contribution is -2.30. The van der Waals surface area contributed by atoms with Crippen LogP contribution in [0.25, 0.3) is 0 Å². The lowest BCUT2D eigenvalue weighted by molar-refractivity contribution is -0.167. The molecule has 0 saturated carbocycles. The summed E-state index contributed by atoms with van der Waals surface area (Å²) in [6, 6.07) is 0. The molecular formula is C76H140O6. The van der Waals surface area contributed by atoms with Gasteiger partial charge in [0.1, 0.15) is 13.2 Å². The Morgan fingerprint density at radius 3 is 0.732 bits per heavy atom. The van der Waals surface area contributed by atoms with Gasteiger partial charge in [-0.3, -0.25) is 14.4 Å². The maximum absolute atomic E-state index is 12.9. The number of esters is 3. The molecule has 0 fully saturated rings. The molecule has 0 aromatic rings. The monoisotopic (exact) mass is 1150 g/mol. The summed E-state index contributed by atoms with van der Waals surface area (Å²) < 4.78 is 17.0. The van der Waals surface area contributed by atoms with Crippen LogP contribution in [-0.2, 0) is 28.6 Å². The van der Waals surface area contributed by atoms with Crippen molar-refractivity contribution in [2.75, 3.05) is 13.2 Å². The summed E-state index contributed by atoms with van der Waals surface area (Å²) in [5.74, 6) is -0.852. The predicted octanol–water partition coefficient (Wildman–Crippen LogP) is 25.3. The average Bonchev–Trinajstić information content (AvgIpc) is 3.47. The first-order valence-electron chi connectivity index (χ1n) is 36.6. The van der Waals surface area contributed by atoms with Gasteiger partial charge in [-0.25, -0.2) is 0 Å². The Kier molecular flexibility index (Phi) is 68.6. The first kappa shape index (κ1) is 79.4. The van der Waals surface area contributed by atoms with Crippen LogP contribution in [0.5, 0.6) is 0 Å². The maximum Gasteiger partial charge on any atom is 0.306 e. The summed E-state index contributed by atoms with van der Waals surface area (Å²) in [6.45, 7) is 6.65. The predicted molar refractivity (Wildman–Crippen MR) is 358 cm³/mol. The van der Waals surface area contributed by atoms with E-state index in [0.717, 1.165) is 77.0 Å². The summed E-state index contributed by atoms with van der Waals surface area (Å²) in [5, 5.41) is 0. The van der Waals surface area contributed by atoms with E-state index in [1.807, 2.05) is 0 Å². The van der Waals surface area contributed by atoms with Gasteiger partial charge in [0, 0.05) is 19.3 Å². The van der Waals surface area contributed by atoms with Gasteiger partial charge >= 0.3 is 17.9 Å². The number of ether oxygens (including phenoxy) is 3. The van der Waals surface area contributed by atoms with E-state index in [1.54, 1.807) is 0 Å². The molecule has 0 bridgehead atoms. The number of carbonyl (C=O) groups excluding carboxylic acids is 3. The molecule has 480 valence electrons. The van der Waals surface area contributed by atoms with Crippen molar-refractivity contribution in [1.82, 2.24) is 0 Å². The minimum Gasteiger partial charge on any atom is -0.462 e. The molecule has 0 aromatic heterocycles. The summed E-state index contributed by atoms with van der Waals surface area (Å²) in [6.07, 6.45) is 90.2. The van der Waals surface area contributed by atoms with Crippen molar-refractivity contribution in [2.45, 2.75) is 406 Å². The van der Waals surface area contributed by atoms with Crippen LogP contribution < -0.4 is 0 Å². The van der Waals surface area contributed by atoms with Crippen molar-refractivity contribution in [3.8, 4) is 0 Å². The minimum atomic E-state index is -0.773. The van der Waals surface area contributed by atoms with E-state index in [-0.39, 0.29) is 31.1 Å². The van der Waals surface area contributed by atoms with E-state index >= 15 is 0 Å². The third-order valence-electron chi connectivity index (χ3n) is 16.6. The minimum absolute atomic E-state index is 0.0699. The number of hydrogen-bond acceptors (Lipinski definition) is 6. The molecule has 1 unspecified atom stereocenters. The highest BCUT2D eigenvalue weighted by Gasteiger charge is 2.19. The van der Waals surface area contributed by atoms with Crippen LogP contribution in [-0.4, -0.2) is 37.2 Å². The van der Waals surface area contributed by atoms with Gasteiger partial charge in [-0.15, -0.1) is 0 Å². The van der Waals surface area contributed by atoms with E-state index in [4.69, 9.17) is 14.2 Å². The largest absolute Gasteiger partial charge is 0.462 e. The topological polar surface area (TPSA) is 78.9 Å². The van der Waals surface area contributed by atoms with Crippen molar-refractivity contribution in [1.29, 1.82) is 0 Å². The van der Waals surface area contributed by atoms with Crippen LogP contribution in [0.3, 0.4) is 0 Å².